The molecule has 108 valence electrons. The zero-order chi connectivity index (χ0) is 14.1. The summed E-state index contributed by atoms with van der Waals surface area (Å²) >= 11 is 0. The van der Waals surface area contributed by atoms with Crippen LogP contribution in [0.1, 0.15) is 23.5 Å². The first-order valence-corrected chi connectivity index (χ1v) is 7.48. The molecule has 0 radical (unpaired) electrons. The molecule has 0 aromatic heterocycles. The second-order valence-electron chi connectivity index (χ2n) is 5.95. The number of aliphatic imine (C=N–C) groups is 1. The lowest BCUT2D eigenvalue weighted by Crippen LogP contribution is -2.28. The maximum atomic E-state index is 4.97. The van der Waals surface area contributed by atoms with Crippen LogP contribution in [0.15, 0.2) is 23.2 Å². The van der Waals surface area contributed by atoms with Gasteiger partial charge in [0.2, 0.25) is 5.96 Å². The smallest absolute Gasteiger partial charge is 0.201 e. The van der Waals surface area contributed by atoms with Crippen molar-refractivity contribution in [3.63, 3.8) is 0 Å². The van der Waals surface area contributed by atoms with E-state index in [1.165, 1.54) is 17.5 Å². The molecule has 0 amide bonds. The van der Waals surface area contributed by atoms with Crippen LogP contribution >= 0.6 is 0 Å². The largest absolute Gasteiger partial charge is 0.344 e. The van der Waals surface area contributed by atoms with Gasteiger partial charge >= 0.3 is 0 Å². The van der Waals surface area contributed by atoms with E-state index in [0.717, 1.165) is 37.8 Å². The van der Waals surface area contributed by atoms with Crippen molar-refractivity contribution in [3.05, 3.63) is 29.3 Å². The summed E-state index contributed by atoms with van der Waals surface area (Å²) in [6.07, 6.45) is 1.22. The van der Waals surface area contributed by atoms with E-state index < -0.39 is 0 Å². The van der Waals surface area contributed by atoms with Crippen molar-refractivity contribution in [2.24, 2.45) is 4.99 Å². The zero-order valence-electron chi connectivity index (χ0n) is 12.7. The highest BCUT2D eigenvalue weighted by molar-refractivity contribution is 5.84. The highest BCUT2D eigenvalue weighted by Crippen LogP contribution is 2.34. The van der Waals surface area contributed by atoms with Gasteiger partial charge in [-0.05, 0) is 43.0 Å². The first-order chi connectivity index (χ1) is 9.66. The minimum atomic E-state index is 0.604. The Balaban J connectivity index is 2.01. The zero-order valence-corrected chi connectivity index (χ0v) is 12.7. The van der Waals surface area contributed by atoms with Gasteiger partial charge in [-0.3, -0.25) is 0 Å². The van der Waals surface area contributed by atoms with Gasteiger partial charge in [0.1, 0.15) is 0 Å². The topological polar surface area (TPSA) is 30.9 Å². The summed E-state index contributed by atoms with van der Waals surface area (Å²) in [4.78, 5) is 9.44. The fourth-order valence-corrected chi connectivity index (χ4v) is 3.26. The van der Waals surface area contributed by atoms with Crippen molar-refractivity contribution in [2.45, 2.75) is 19.3 Å². The quantitative estimate of drug-likeness (QED) is 0.892. The predicted molar refractivity (Wildman–Crippen MR) is 83.8 cm³/mol. The van der Waals surface area contributed by atoms with Crippen molar-refractivity contribution in [1.29, 1.82) is 0 Å². The van der Waals surface area contributed by atoms with Crippen LogP contribution < -0.4 is 5.32 Å². The number of aryl methyl sites for hydroxylation is 1. The highest BCUT2D eigenvalue weighted by Gasteiger charge is 2.24. The van der Waals surface area contributed by atoms with Crippen molar-refractivity contribution < 1.29 is 0 Å². The lowest BCUT2D eigenvalue weighted by molar-refractivity contribution is 0.553. The minimum absolute atomic E-state index is 0.604. The van der Waals surface area contributed by atoms with Gasteiger partial charge in [-0.1, -0.05) is 12.1 Å². The summed E-state index contributed by atoms with van der Waals surface area (Å²) in [7, 11) is 4.24. The molecule has 1 aromatic rings. The molecule has 0 saturated carbocycles. The molecule has 4 heteroatoms. The van der Waals surface area contributed by atoms with Gasteiger partial charge in [0.25, 0.3) is 0 Å². The first kappa shape index (κ1) is 13.4. The Bertz CT molecular complexity index is 505. The van der Waals surface area contributed by atoms with Gasteiger partial charge in [-0.25, -0.2) is 4.99 Å². The lowest BCUT2D eigenvalue weighted by atomic mass is 9.92. The molecule has 0 bridgehead atoms. The Morgan fingerprint density at radius 3 is 2.60 bits per heavy atom. The predicted octanol–water partition coefficient (Wildman–Crippen LogP) is 1.94. The van der Waals surface area contributed by atoms with E-state index in [2.05, 4.69) is 54.3 Å². The number of hydrogen-bond acceptors (Lipinski definition) is 2. The van der Waals surface area contributed by atoms with E-state index in [1.807, 2.05) is 0 Å². The molecule has 2 fully saturated rings. The molecular formula is C16H24N4. The van der Waals surface area contributed by atoms with Crippen molar-refractivity contribution >= 4 is 11.6 Å². The van der Waals surface area contributed by atoms with Crippen molar-refractivity contribution in [2.75, 3.05) is 40.3 Å². The van der Waals surface area contributed by atoms with E-state index in [-0.39, 0.29) is 0 Å². The molecule has 1 N–H and O–H groups in total. The van der Waals surface area contributed by atoms with E-state index in [0.29, 0.717) is 5.92 Å². The third-order valence-electron chi connectivity index (χ3n) is 4.44. The molecular weight excluding hydrogens is 248 g/mol. The van der Waals surface area contributed by atoms with E-state index in [4.69, 9.17) is 4.99 Å². The molecule has 1 atom stereocenters. The molecule has 2 heterocycles. The van der Waals surface area contributed by atoms with Crippen LogP contribution in [0.5, 0.6) is 0 Å². The van der Waals surface area contributed by atoms with Gasteiger partial charge in [0, 0.05) is 33.7 Å². The molecule has 0 spiro atoms. The Hall–Kier alpha value is -1.55. The van der Waals surface area contributed by atoms with E-state index in [9.17, 15) is 0 Å². The summed E-state index contributed by atoms with van der Waals surface area (Å²) < 4.78 is 0. The standard InChI is InChI=1S/C16H24N4/c1-12-5-4-6-14(15(12)13-7-8-17-11-13)18-16-19(2)9-10-20(16)3/h4-6,13,17H,7-11H2,1-3H3. The molecule has 1 unspecified atom stereocenters. The third kappa shape index (κ3) is 2.40. The number of nitrogens with one attached hydrogen (secondary N) is 1. The van der Waals surface area contributed by atoms with Gasteiger partial charge in [0.15, 0.2) is 0 Å². The number of benzene rings is 1. The highest BCUT2D eigenvalue weighted by atomic mass is 15.4. The van der Waals surface area contributed by atoms with Crippen LogP contribution in [-0.2, 0) is 0 Å². The van der Waals surface area contributed by atoms with Crippen LogP contribution in [0.2, 0.25) is 0 Å². The second kappa shape index (κ2) is 5.44. The number of guanidine groups is 1. The number of nitrogens with zero attached hydrogens (tertiary/aromatic N) is 3. The van der Waals surface area contributed by atoms with Crippen LogP contribution in [0.4, 0.5) is 5.69 Å². The van der Waals surface area contributed by atoms with Crippen LogP contribution in [-0.4, -0.2) is 56.0 Å². The normalized spacial score (nSPS) is 22.8. The fraction of sp³-hybridized carbons (Fsp3) is 0.562. The second-order valence-corrected chi connectivity index (χ2v) is 5.95. The van der Waals surface area contributed by atoms with Crippen molar-refractivity contribution in [1.82, 2.24) is 15.1 Å². The maximum Gasteiger partial charge on any atom is 0.201 e. The first-order valence-electron chi connectivity index (χ1n) is 7.48. The van der Waals surface area contributed by atoms with Gasteiger partial charge in [0.05, 0.1) is 5.69 Å². The molecule has 4 nitrogen and oxygen atoms in total. The molecule has 1 aromatic carbocycles. The van der Waals surface area contributed by atoms with Gasteiger partial charge in [-0.2, -0.15) is 0 Å². The Labute approximate surface area is 121 Å². The molecule has 0 aliphatic carbocycles. The third-order valence-corrected chi connectivity index (χ3v) is 4.44. The van der Waals surface area contributed by atoms with Crippen LogP contribution in [0, 0.1) is 6.92 Å². The summed E-state index contributed by atoms with van der Waals surface area (Å²) in [5.41, 5.74) is 3.94. The summed E-state index contributed by atoms with van der Waals surface area (Å²) in [5.74, 6) is 1.69. The molecule has 20 heavy (non-hydrogen) atoms. The summed E-state index contributed by atoms with van der Waals surface area (Å²) in [6.45, 7) is 6.52. The Kier molecular flexibility index (Phi) is 3.66. The minimum Gasteiger partial charge on any atom is -0.344 e. The Morgan fingerprint density at radius 1 is 1.20 bits per heavy atom. The number of rotatable bonds is 2. The maximum absolute atomic E-state index is 4.97. The number of hydrogen-bond donors (Lipinski definition) is 1. The number of likely N-dealkylation sites (N-methyl/N-ethyl adjacent to an activating group) is 2. The van der Waals surface area contributed by atoms with E-state index in [1.54, 1.807) is 0 Å². The summed E-state index contributed by atoms with van der Waals surface area (Å²) in [6, 6.07) is 6.49. The van der Waals surface area contributed by atoms with Crippen molar-refractivity contribution in [3.8, 4) is 0 Å². The Morgan fingerprint density at radius 2 is 1.95 bits per heavy atom. The lowest BCUT2D eigenvalue weighted by Gasteiger charge is -2.19. The van der Waals surface area contributed by atoms with Gasteiger partial charge in [-0.15, -0.1) is 0 Å². The van der Waals surface area contributed by atoms with Gasteiger partial charge < -0.3 is 15.1 Å². The molecule has 2 aliphatic heterocycles. The van der Waals surface area contributed by atoms with E-state index >= 15 is 0 Å². The van der Waals surface area contributed by atoms with Crippen LogP contribution in [0.3, 0.4) is 0 Å². The van der Waals surface area contributed by atoms with Crippen LogP contribution in [0.25, 0.3) is 0 Å². The fourth-order valence-electron chi connectivity index (χ4n) is 3.26. The molecule has 2 saturated heterocycles. The average molecular weight is 272 g/mol. The average Bonchev–Trinajstić information content (AvgIpc) is 3.04. The molecule has 3 rings (SSSR count). The molecule has 2 aliphatic rings. The summed E-state index contributed by atoms with van der Waals surface area (Å²) in [5, 5.41) is 3.47. The monoisotopic (exact) mass is 272 g/mol. The SMILES string of the molecule is Cc1cccc(N=C2N(C)CCN2C)c1C1CCNC1.